The zero-order valence-corrected chi connectivity index (χ0v) is 21.9. The molecule has 0 heterocycles. The summed E-state index contributed by atoms with van der Waals surface area (Å²) in [5, 5.41) is 7.18. The number of rotatable bonds is 13. The van der Waals surface area contributed by atoms with Crippen LogP contribution in [-0.2, 0) is 12.6 Å². The fraction of sp³-hybridized carbons (Fsp3) is 0.400. The molecule has 0 saturated heterocycles. The molecule has 0 bridgehead atoms. The third kappa shape index (κ3) is 7.98. The summed E-state index contributed by atoms with van der Waals surface area (Å²) in [7, 11) is 1.93. The van der Waals surface area contributed by atoms with Gasteiger partial charge in [0.05, 0.1) is 18.8 Å². The Kier molecular flexibility index (Phi) is 10.4. The lowest BCUT2D eigenvalue weighted by atomic mass is 9.94. The Morgan fingerprint density at radius 1 is 0.811 bits per heavy atom. The summed E-state index contributed by atoms with van der Waals surface area (Å²) in [5.41, 5.74) is 2.40. The van der Waals surface area contributed by atoms with E-state index in [4.69, 9.17) is 9.47 Å². The van der Waals surface area contributed by atoms with Gasteiger partial charge < -0.3 is 20.1 Å². The highest BCUT2D eigenvalue weighted by molar-refractivity contribution is 5.44. The van der Waals surface area contributed by atoms with E-state index in [0.717, 1.165) is 28.8 Å². The molecular formula is C30H37F3N2O2. The molecule has 7 heteroatoms. The lowest BCUT2D eigenvalue weighted by molar-refractivity contribution is -0.137. The van der Waals surface area contributed by atoms with Crippen LogP contribution in [0.2, 0.25) is 0 Å². The van der Waals surface area contributed by atoms with Crippen LogP contribution in [0.1, 0.15) is 61.5 Å². The number of nitrogens with one attached hydrogen (secondary N) is 2. The molecule has 200 valence electrons. The average Bonchev–Trinajstić information content (AvgIpc) is 2.90. The maximum atomic E-state index is 13.0. The summed E-state index contributed by atoms with van der Waals surface area (Å²) >= 11 is 0. The molecule has 3 rings (SSSR count). The minimum atomic E-state index is -4.34. The van der Waals surface area contributed by atoms with Crippen LogP contribution < -0.4 is 20.1 Å². The predicted molar refractivity (Wildman–Crippen MR) is 142 cm³/mol. The molecule has 4 nitrogen and oxygen atoms in total. The van der Waals surface area contributed by atoms with Gasteiger partial charge in [0.2, 0.25) is 0 Å². The Morgan fingerprint density at radius 3 is 2.05 bits per heavy atom. The van der Waals surface area contributed by atoms with E-state index in [1.807, 2.05) is 57.3 Å². The molecule has 0 radical (unpaired) electrons. The summed E-state index contributed by atoms with van der Waals surface area (Å²) in [6.07, 6.45) is -3.04. The van der Waals surface area contributed by atoms with Gasteiger partial charge in [-0.15, -0.1) is 0 Å². The van der Waals surface area contributed by atoms with Gasteiger partial charge in [-0.25, -0.2) is 0 Å². The number of hydrogen-bond donors (Lipinski definition) is 2. The van der Waals surface area contributed by atoms with Crippen molar-refractivity contribution in [2.75, 3.05) is 20.3 Å². The van der Waals surface area contributed by atoms with Crippen LogP contribution in [0, 0.1) is 0 Å². The first-order valence-electron chi connectivity index (χ1n) is 12.8. The summed E-state index contributed by atoms with van der Waals surface area (Å²) in [5.74, 6) is 1.37. The average molecular weight is 515 g/mol. The maximum Gasteiger partial charge on any atom is 0.416 e. The van der Waals surface area contributed by atoms with Gasteiger partial charge in [0.1, 0.15) is 0 Å². The van der Waals surface area contributed by atoms with E-state index in [-0.39, 0.29) is 18.1 Å². The molecule has 3 aromatic carbocycles. The SMILES string of the molecule is CCOc1ccc([C@@H](CCc2ccc(C(F)(F)F)cc2)N[C@H](c2ccccc2)C(C)NC)cc1OCC. The fourth-order valence-corrected chi connectivity index (χ4v) is 4.38. The van der Waals surface area contributed by atoms with E-state index in [9.17, 15) is 13.2 Å². The summed E-state index contributed by atoms with van der Waals surface area (Å²) in [6.45, 7) is 7.03. The smallest absolute Gasteiger partial charge is 0.416 e. The zero-order chi connectivity index (χ0) is 26.8. The van der Waals surface area contributed by atoms with E-state index in [1.54, 1.807) is 12.1 Å². The molecule has 2 N–H and O–H groups in total. The van der Waals surface area contributed by atoms with E-state index in [1.165, 1.54) is 0 Å². The van der Waals surface area contributed by atoms with Crippen molar-refractivity contribution in [2.45, 2.75) is 57.9 Å². The van der Waals surface area contributed by atoms with E-state index in [0.29, 0.717) is 37.6 Å². The number of benzene rings is 3. The van der Waals surface area contributed by atoms with Crippen LogP contribution in [0.5, 0.6) is 11.5 Å². The lowest BCUT2D eigenvalue weighted by Gasteiger charge is -2.31. The van der Waals surface area contributed by atoms with Crippen LogP contribution in [0.3, 0.4) is 0 Å². The van der Waals surface area contributed by atoms with Gasteiger partial charge in [-0.05, 0) is 81.6 Å². The second-order valence-electron chi connectivity index (χ2n) is 8.99. The van der Waals surface area contributed by atoms with E-state index in [2.05, 4.69) is 29.7 Å². The second kappa shape index (κ2) is 13.5. The van der Waals surface area contributed by atoms with Gasteiger partial charge >= 0.3 is 6.18 Å². The first-order chi connectivity index (χ1) is 17.8. The topological polar surface area (TPSA) is 42.5 Å². The first-order valence-corrected chi connectivity index (χ1v) is 12.8. The van der Waals surface area contributed by atoms with Gasteiger partial charge in [-0.3, -0.25) is 0 Å². The largest absolute Gasteiger partial charge is 0.490 e. The second-order valence-corrected chi connectivity index (χ2v) is 8.99. The van der Waals surface area contributed by atoms with Gasteiger partial charge in [-0.2, -0.15) is 13.2 Å². The highest BCUT2D eigenvalue weighted by Crippen LogP contribution is 2.34. The molecule has 0 aliphatic rings. The summed E-state index contributed by atoms with van der Waals surface area (Å²) < 4.78 is 50.7. The minimum Gasteiger partial charge on any atom is -0.490 e. The number of likely N-dealkylation sites (N-methyl/N-ethyl adjacent to an activating group) is 1. The van der Waals surface area contributed by atoms with Gasteiger partial charge in [-0.1, -0.05) is 48.5 Å². The van der Waals surface area contributed by atoms with Crippen molar-refractivity contribution < 1.29 is 22.6 Å². The van der Waals surface area contributed by atoms with E-state index < -0.39 is 11.7 Å². The third-order valence-electron chi connectivity index (χ3n) is 6.47. The van der Waals surface area contributed by atoms with Crippen molar-refractivity contribution in [1.29, 1.82) is 0 Å². The van der Waals surface area contributed by atoms with Crippen LogP contribution in [0.25, 0.3) is 0 Å². The number of halogens is 3. The van der Waals surface area contributed by atoms with E-state index >= 15 is 0 Å². The minimum absolute atomic E-state index is 0.00548. The molecule has 0 fully saturated rings. The normalized spacial score (nSPS) is 14.1. The molecule has 0 spiro atoms. The Morgan fingerprint density at radius 2 is 1.46 bits per heavy atom. The van der Waals surface area contributed by atoms with Crippen LogP contribution in [0.15, 0.2) is 72.8 Å². The monoisotopic (exact) mass is 514 g/mol. The van der Waals surface area contributed by atoms with Crippen LogP contribution in [0.4, 0.5) is 13.2 Å². The molecule has 0 aromatic heterocycles. The van der Waals surface area contributed by atoms with Crippen LogP contribution in [-0.4, -0.2) is 26.3 Å². The molecule has 0 aliphatic carbocycles. The number of aryl methyl sites for hydroxylation is 1. The Balaban J connectivity index is 1.93. The highest BCUT2D eigenvalue weighted by atomic mass is 19.4. The third-order valence-corrected chi connectivity index (χ3v) is 6.47. The maximum absolute atomic E-state index is 13.0. The predicted octanol–water partition coefficient (Wildman–Crippen LogP) is 7.12. The number of alkyl halides is 3. The molecule has 0 aliphatic heterocycles. The summed E-state index contributed by atoms with van der Waals surface area (Å²) in [6, 6.07) is 21.7. The number of hydrogen-bond acceptors (Lipinski definition) is 4. The molecule has 0 saturated carbocycles. The first kappa shape index (κ1) is 28.5. The van der Waals surface area contributed by atoms with Gasteiger partial charge in [0, 0.05) is 18.1 Å². The fourth-order valence-electron chi connectivity index (χ4n) is 4.38. The molecule has 0 amide bonds. The van der Waals surface area contributed by atoms with Gasteiger partial charge in [0.25, 0.3) is 0 Å². The van der Waals surface area contributed by atoms with Crippen molar-refractivity contribution >= 4 is 0 Å². The Bertz CT molecular complexity index is 1090. The zero-order valence-electron chi connectivity index (χ0n) is 21.9. The quantitative estimate of drug-likeness (QED) is 0.255. The van der Waals surface area contributed by atoms with Crippen molar-refractivity contribution in [3.8, 4) is 11.5 Å². The highest BCUT2D eigenvalue weighted by Gasteiger charge is 2.30. The van der Waals surface area contributed by atoms with Crippen molar-refractivity contribution in [1.82, 2.24) is 10.6 Å². The van der Waals surface area contributed by atoms with Gasteiger partial charge in [0.15, 0.2) is 11.5 Å². The molecule has 1 unspecified atom stereocenters. The molecule has 3 atom stereocenters. The van der Waals surface area contributed by atoms with Crippen molar-refractivity contribution in [3.05, 3.63) is 95.1 Å². The molecule has 3 aromatic rings. The number of ether oxygens (including phenoxy) is 2. The standard InChI is InChI=1S/C30H37F3N2O2/c1-5-36-27-19-15-24(20-28(27)37-6-2)26(18-14-22-12-16-25(17-13-22)30(31,32)33)35-29(21(3)34-4)23-10-8-7-9-11-23/h7-13,15-17,19-21,26,29,34-35H,5-6,14,18H2,1-4H3/t21?,26-,29+/m1/s1. The van der Waals surface area contributed by atoms with Crippen molar-refractivity contribution in [2.24, 2.45) is 0 Å². The lowest BCUT2D eigenvalue weighted by Crippen LogP contribution is -2.40. The molecule has 37 heavy (non-hydrogen) atoms. The Labute approximate surface area is 218 Å². The summed E-state index contributed by atoms with van der Waals surface area (Å²) in [4.78, 5) is 0. The Hall–Kier alpha value is -3.03. The van der Waals surface area contributed by atoms with Crippen LogP contribution >= 0.6 is 0 Å². The molecular weight excluding hydrogens is 477 g/mol. The van der Waals surface area contributed by atoms with Crippen molar-refractivity contribution in [3.63, 3.8) is 0 Å².